The molecule has 3 rings (SSSR count). The molecule has 0 fully saturated rings. The van der Waals surface area contributed by atoms with E-state index in [9.17, 15) is 0 Å². The van der Waals surface area contributed by atoms with Crippen molar-refractivity contribution in [1.82, 2.24) is 15.2 Å². The van der Waals surface area contributed by atoms with Gasteiger partial charge in [-0.3, -0.25) is 10.1 Å². The van der Waals surface area contributed by atoms with Gasteiger partial charge in [0, 0.05) is 24.2 Å². The van der Waals surface area contributed by atoms with E-state index in [0.717, 1.165) is 23.2 Å². The Morgan fingerprint density at radius 1 is 1.05 bits per heavy atom. The average molecular weight is 264 g/mol. The molecule has 100 valence electrons. The first kappa shape index (κ1) is 12.6. The number of nitrogens with two attached hydrogens (primary N) is 1. The van der Waals surface area contributed by atoms with Gasteiger partial charge in [-0.15, -0.1) is 0 Å². The van der Waals surface area contributed by atoms with Crippen LogP contribution in [0, 0.1) is 0 Å². The highest BCUT2D eigenvalue weighted by Crippen LogP contribution is 2.26. The van der Waals surface area contributed by atoms with Crippen LogP contribution >= 0.6 is 0 Å². The predicted octanol–water partition coefficient (Wildman–Crippen LogP) is 2.71. The van der Waals surface area contributed by atoms with Crippen LogP contribution in [0.4, 0.5) is 0 Å². The van der Waals surface area contributed by atoms with Crippen molar-refractivity contribution in [2.45, 2.75) is 12.5 Å². The van der Waals surface area contributed by atoms with E-state index in [1.807, 2.05) is 36.5 Å². The Bertz CT molecular complexity index is 661. The van der Waals surface area contributed by atoms with Crippen LogP contribution in [0.1, 0.15) is 17.3 Å². The minimum Gasteiger partial charge on any atom is -0.322 e. The quantitative estimate of drug-likeness (QED) is 0.761. The van der Waals surface area contributed by atoms with E-state index in [2.05, 4.69) is 27.3 Å². The van der Waals surface area contributed by atoms with Gasteiger partial charge in [0.15, 0.2) is 0 Å². The Hall–Kier alpha value is -2.46. The highest BCUT2D eigenvalue weighted by molar-refractivity contribution is 5.65. The molecule has 3 N–H and O–H groups in total. The van der Waals surface area contributed by atoms with Gasteiger partial charge in [-0.1, -0.05) is 30.3 Å². The normalized spacial score (nSPS) is 12.2. The molecule has 1 atom stereocenters. The van der Waals surface area contributed by atoms with Gasteiger partial charge in [-0.25, -0.2) is 0 Å². The third kappa shape index (κ3) is 2.60. The lowest BCUT2D eigenvalue weighted by Gasteiger charge is -2.11. The van der Waals surface area contributed by atoms with E-state index in [1.165, 1.54) is 5.56 Å². The molecular formula is C16H16N4. The second-order valence-electron chi connectivity index (χ2n) is 4.72. The van der Waals surface area contributed by atoms with Crippen molar-refractivity contribution in [2.75, 3.05) is 0 Å². The number of hydrogen-bond acceptors (Lipinski definition) is 3. The average Bonchev–Trinajstić information content (AvgIpc) is 2.99. The van der Waals surface area contributed by atoms with Crippen molar-refractivity contribution < 1.29 is 0 Å². The van der Waals surface area contributed by atoms with Gasteiger partial charge in [-0.05, 0) is 29.7 Å². The fourth-order valence-electron chi connectivity index (χ4n) is 2.31. The molecule has 0 saturated carbocycles. The summed E-state index contributed by atoms with van der Waals surface area (Å²) in [5, 5.41) is 7.23. The summed E-state index contributed by atoms with van der Waals surface area (Å²) in [6.07, 6.45) is 6.20. The number of benzene rings is 1. The third-order valence-electron chi connectivity index (χ3n) is 3.31. The molecular weight excluding hydrogens is 248 g/mol. The summed E-state index contributed by atoms with van der Waals surface area (Å²) < 4.78 is 0. The van der Waals surface area contributed by atoms with Crippen molar-refractivity contribution in [2.24, 2.45) is 5.73 Å². The van der Waals surface area contributed by atoms with Gasteiger partial charge in [0.05, 0.1) is 11.7 Å². The molecule has 4 nitrogen and oxygen atoms in total. The predicted molar refractivity (Wildman–Crippen MR) is 78.9 cm³/mol. The molecule has 0 spiro atoms. The molecule has 0 aliphatic carbocycles. The van der Waals surface area contributed by atoms with Crippen LogP contribution in [-0.2, 0) is 6.42 Å². The van der Waals surface area contributed by atoms with Gasteiger partial charge >= 0.3 is 0 Å². The Balaban J connectivity index is 1.86. The van der Waals surface area contributed by atoms with Crippen LogP contribution < -0.4 is 5.73 Å². The lowest BCUT2D eigenvalue weighted by molar-refractivity contribution is 0.693. The fourth-order valence-corrected chi connectivity index (χ4v) is 2.31. The van der Waals surface area contributed by atoms with E-state index in [0.29, 0.717) is 0 Å². The van der Waals surface area contributed by atoms with E-state index in [1.54, 1.807) is 12.4 Å². The largest absolute Gasteiger partial charge is 0.322 e. The summed E-state index contributed by atoms with van der Waals surface area (Å²) in [4.78, 5) is 4.04. The van der Waals surface area contributed by atoms with Crippen LogP contribution in [0.15, 0.2) is 61.1 Å². The van der Waals surface area contributed by atoms with Gasteiger partial charge in [0.2, 0.25) is 0 Å². The zero-order chi connectivity index (χ0) is 13.8. The maximum absolute atomic E-state index is 6.31. The Labute approximate surface area is 117 Å². The van der Waals surface area contributed by atoms with E-state index < -0.39 is 0 Å². The number of rotatable bonds is 4. The molecule has 2 aromatic heterocycles. The molecule has 3 aromatic rings. The minimum absolute atomic E-state index is 0.133. The third-order valence-corrected chi connectivity index (χ3v) is 3.31. The number of nitrogens with zero attached hydrogens (tertiary/aromatic N) is 2. The highest BCUT2D eigenvalue weighted by atomic mass is 15.1. The van der Waals surface area contributed by atoms with Gasteiger partial charge in [0.1, 0.15) is 0 Å². The molecule has 0 radical (unpaired) electrons. The van der Waals surface area contributed by atoms with Crippen molar-refractivity contribution in [3.63, 3.8) is 0 Å². The molecule has 0 aliphatic rings. The first-order chi connectivity index (χ1) is 9.84. The Morgan fingerprint density at radius 2 is 1.80 bits per heavy atom. The summed E-state index contributed by atoms with van der Waals surface area (Å²) in [6, 6.07) is 14.0. The second-order valence-corrected chi connectivity index (χ2v) is 4.72. The van der Waals surface area contributed by atoms with E-state index in [-0.39, 0.29) is 6.04 Å². The van der Waals surface area contributed by atoms with E-state index >= 15 is 0 Å². The molecule has 0 saturated heterocycles. The molecule has 2 heterocycles. The van der Waals surface area contributed by atoms with Crippen LogP contribution in [0.3, 0.4) is 0 Å². The maximum Gasteiger partial charge on any atom is 0.0870 e. The highest BCUT2D eigenvalue weighted by Gasteiger charge is 2.15. The van der Waals surface area contributed by atoms with Crippen LogP contribution in [0.25, 0.3) is 11.1 Å². The SMILES string of the molecule is N[C@H](Cc1ccccc1)c1n[nH]cc1-c1ccncc1. The zero-order valence-electron chi connectivity index (χ0n) is 11.0. The Kier molecular flexibility index (Phi) is 3.56. The maximum atomic E-state index is 6.31. The minimum atomic E-state index is -0.133. The number of hydrogen-bond donors (Lipinski definition) is 2. The number of aromatic nitrogens is 3. The summed E-state index contributed by atoms with van der Waals surface area (Å²) in [5.74, 6) is 0. The van der Waals surface area contributed by atoms with E-state index in [4.69, 9.17) is 5.73 Å². The fraction of sp³-hybridized carbons (Fsp3) is 0.125. The number of pyridine rings is 1. The Morgan fingerprint density at radius 3 is 2.55 bits per heavy atom. The van der Waals surface area contributed by atoms with Gasteiger partial charge in [0.25, 0.3) is 0 Å². The number of aromatic amines is 1. The van der Waals surface area contributed by atoms with Crippen molar-refractivity contribution in [1.29, 1.82) is 0 Å². The summed E-state index contributed by atoms with van der Waals surface area (Å²) >= 11 is 0. The topological polar surface area (TPSA) is 67.6 Å². The summed E-state index contributed by atoms with van der Waals surface area (Å²) in [7, 11) is 0. The number of nitrogens with one attached hydrogen (secondary N) is 1. The molecule has 1 aromatic carbocycles. The first-order valence-corrected chi connectivity index (χ1v) is 6.58. The molecule has 0 amide bonds. The molecule has 0 bridgehead atoms. The summed E-state index contributed by atoms with van der Waals surface area (Å²) in [5.41, 5.74) is 10.5. The van der Waals surface area contributed by atoms with Crippen LogP contribution in [0.5, 0.6) is 0 Å². The van der Waals surface area contributed by atoms with Crippen LogP contribution in [0.2, 0.25) is 0 Å². The molecule has 0 unspecified atom stereocenters. The standard InChI is InChI=1S/C16H16N4/c17-15(10-12-4-2-1-3-5-12)16-14(11-19-20-16)13-6-8-18-9-7-13/h1-9,11,15H,10,17H2,(H,19,20)/t15-/m1/s1. The number of H-pyrrole nitrogens is 1. The van der Waals surface area contributed by atoms with Crippen molar-refractivity contribution in [3.05, 3.63) is 72.3 Å². The lowest BCUT2D eigenvalue weighted by Crippen LogP contribution is -2.14. The van der Waals surface area contributed by atoms with Crippen LogP contribution in [-0.4, -0.2) is 15.2 Å². The van der Waals surface area contributed by atoms with Gasteiger partial charge in [-0.2, -0.15) is 5.10 Å². The van der Waals surface area contributed by atoms with Gasteiger partial charge < -0.3 is 5.73 Å². The summed E-state index contributed by atoms with van der Waals surface area (Å²) in [6.45, 7) is 0. The first-order valence-electron chi connectivity index (χ1n) is 6.58. The zero-order valence-corrected chi connectivity index (χ0v) is 11.0. The monoisotopic (exact) mass is 264 g/mol. The molecule has 4 heteroatoms. The second kappa shape index (κ2) is 5.67. The molecule has 20 heavy (non-hydrogen) atoms. The van der Waals surface area contributed by atoms with Crippen molar-refractivity contribution >= 4 is 0 Å². The smallest absolute Gasteiger partial charge is 0.0870 e. The lowest BCUT2D eigenvalue weighted by atomic mass is 9.99. The van der Waals surface area contributed by atoms with Crippen molar-refractivity contribution in [3.8, 4) is 11.1 Å². The molecule has 0 aliphatic heterocycles.